The van der Waals surface area contributed by atoms with E-state index in [1.54, 1.807) is 0 Å². The second kappa shape index (κ2) is 5.74. The maximum atomic E-state index is 12.1. The van der Waals surface area contributed by atoms with Crippen LogP contribution in [0.15, 0.2) is 42.6 Å². The Morgan fingerprint density at radius 2 is 1.95 bits per heavy atom. The van der Waals surface area contributed by atoms with Crippen LogP contribution in [-0.2, 0) is 7.05 Å². The van der Waals surface area contributed by atoms with Gasteiger partial charge in [0.1, 0.15) is 5.69 Å². The molecule has 1 aromatic carbocycles. The predicted octanol–water partition coefficient (Wildman–Crippen LogP) is 3.22. The number of aromatic nitrogens is 1. The van der Waals surface area contributed by atoms with Crippen LogP contribution in [-0.4, -0.2) is 16.5 Å². The van der Waals surface area contributed by atoms with Crippen LogP contribution >= 0.6 is 0 Å². The highest BCUT2D eigenvalue weighted by Gasteiger charge is 2.13. The van der Waals surface area contributed by atoms with E-state index in [1.807, 2.05) is 61.1 Å². The third-order valence-electron chi connectivity index (χ3n) is 3.33. The Labute approximate surface area is 114 Å². The highest BCUT2D eigenvalue weighted by molar-refractivity contribution is 5.94. The van der Waals surface area contributed by atoms with Crippen molar-refractivity contribution in [3.8, 4) is 11.1 Å². The highest BCUT2D eigenvalue weighted by atomic mass is 16.2. The first-order valence-corrected chi connectivity index (χ1v) is 6.64. The Bertz CT molecular complexity index is 557. The lowest BCUT2D eigenvalue weighted by Gasteiger charge is -2.11. The van der Waals surface area contributed by atoms with Crippen molar-refractivity contribution in [1.82, 2.24) is 9.88 Å². The monoisotopic (exact) mass is 256 g/mol. The van der Waals surface area contributed by atoms with Crippen LogP contribution in [0, 0.1) is 0 Å². The number of aryl methyl sites for hydroxylation is 1. The van der Waals surface area contributed by atoms with E-state index in [2.05, 4.69) is 12.2 Å². The average Bonchev–Trinajstić information content (AvgIpc) is 2.81. The summed E-state index contributed by atoms with van der Waals surface area (Å²) in [6.45, 7) is 4.07. The number of rotatable bonds is 4. The fraction of sp³-hybridized carbons (Fsp3) is 0.312. The minimum absolute atomic E-state index is 0.0148. The van der Waals surface area contributed by atoms with Gasteiger partial charge in [0.25, 0.3) is 5.91 Å². The Hall–Kier alpha value is -2.03. The van der Waals surface area contributed by atoms with Crippen LogP contribution in [0.5, 0.6) is 0 Å². The Morgan fingerprint density at radius 3 is 2.58 bits per heavy atom. The summed E-state index contributed by atoms with van der Waals surface area (Å²) in [7, 11) is 1.90. The van der Waals surface area contributed by atoms with Crippen LogP contribution in [0.3, 0.4) is 0 Å². The number of amides is 1. The summed E-state index contributed by atoms with van der Waals surface area (Å²) in [6, 6.07) is 12.2. The molecule has 0 bridgehead atoms. The van der Waals surface area contributed by atoms with Crippen molar-refractivity contribution in [2.75, 3.05) is 0 Å². The van der Waals surface area contributed by atoms with Gasteiger partial charge in [-0.15, -0.1) is 0 Å². The van der Waals surface area contributed by atoms with Gasteiger partial charge in [0.05, 0.1) is 0 Å². The number of nitrogens with one attached hydrogen (secondary N) is 1. The van der Waals surface area contributed by atoms with E-state index < -0.39 is 0 Å². The van der Waals surface area contributed by atoms with Gasteiger partial charge in [0.2, 0.25) is 0 Å². The molecule has 2 rings (SSSR count). The number of nitrogens with zero attached hydrogens (tertiary/aromatic N) is 1. The second-order valence-corrected chi connectivity index (χ2v) is 4.87. The molecule has 100 valence electrons. The fourth-order valence-electron chi connectivity index (χ4n) is 1.98. The van der Waals surface area contributed by atoms with E-state index in [9.17, 15) is 4.79 Å². The van der Waals surface area contributed by atoms with Gasteiger partial charge in [0, 0.05) is 24.8 Å². The minimum Gasteiger partial charge on any atom is -0.348 e. The van der Waals surface area contributed by atoms with Crippen molar-refractivity contribution in [3.63, 3.8) is 0 Å². The molecule has 0 aliphatic carbocycles. The van der Waals surface area contributed by atoms with Gasteiger partial charge in [-0.1, -0.05) is 37.3 Å². The smallest absolute Gasteiger partial charge is 0.268 e. The number of hydrogen-bond donors (Lipinski definition) is 1. The molecule has 3 heteroatoms. The van der Waals surface area contributed by atoms with Gasteiger partial charge in [-0.3, -0.25) is 4.79 Å². The third kappa shape index (κ3) is 3.05. The van der Waals surface area contributed by atoms with E-state index in [0.717, 1.165) is 17.5 Å². The first-order chi connectivity index (χ1) is 9.11. The van der Waals surface area contributed by atoms with Crippen molar-refractivity contribution in [3.05, 3.63) is 48.3 Å². The molecule has 0 spiro atoms. The summed E-state index contributed by atoms with van der Waals surface area (Å²) in [5, 5.41) is 2.99. The summed E-state index contributed by atoms with van der Waals surface area (Å²) >= 11 is 0. The highest BCUT2D eigenvalue weighted by Crippen LogP contribution is 2.21. The summed E-state index contributed by atoms with van der Waals surface area (Å²) < 4.78 is 1.88. The fourth-order valence-corrected chi connectivity index (χ4v) is 1.98. The van der Waals surface area contributed by atoms with Gasteiger partial charge in [-0.05, 0) is 25.0 Å². The summed E-state index contributed by atoms with van der Waals surface area (Å²) in [4.78, 5) is 12.1. The molecule has 0 aliphatic heterocycles. The normalized spacial score (nSPS) is 12.2. The average molecular weight is 256 g/mol. The Morgan fingerprint density at radius 1 is 1.26 bits per heavy atom. The molecule has 2 aromatic rings. The van der Waals surface area contributed by atoms with E-state index in [1.165, 1.54) is 0 Å². The number of hydrogen-bond acceptors (Lipinski definition) is 1. The lowest BCUT2D eigenvalue weighted by Crippen LogP contribution is -2.33. The second-order valence-electron chi connectivity index (χ2n) is 4.87. The molecule has 0 saturated carbocycles. The quantitative estimate of drug-likeness (QED) is 0.895. The summed E-state index contributed by atoms with van der Waals surface area (Å²) in [5.74, 6) is -0.0148. The first kappa shape index (κ1) is 13.4. The molecule has 0 saturated heterocycles. The molecule has 1 atom stereocenters. The van der Waals surface area contributed by atoms with Gasteiger partial charge in [-0.25, -0.2) is 0 Å². The van der Waals surface area contributed by atoms with Crippen molar-refractivity contribution in [2.45, 2.75) is 26.3 Å². The molecule has 1 amide bonds. The maximum Gasteiger partial charge on any atom is 0.268 e. The molecule has 19 heavy (non-hydrogen) atoms. The van der Waals surface area contributed by atoms with Gasteiger partial charge < -0.3 is 9.88 Å². The molecule has 0 radical (unpaired) electrons. The standard InChI is InChI=1S/C16H20N2O/c1-4-12(2)17-16(19)15-10-14(11-18(15)3)13-8-6-5-7-9-13/h5-12H,4H2,1-3H3,(H,17,19). The molecule has 1 N–H and O–H groups in total. The zero-order valence-corrected chi connectivity index (χ0v) is 11.7. The SMILES string of the molecule is CCC(C)NC(=O)c1cc(-c2ccccc2)cn1C. The number of benzene rings is 1. The largest absolute Gasteiger partial charge is 0.348 e. The molecule has 1 unspecified atom stereocenters. The van der Waals surface area contributed by atoms with Crippen molar-refractivity contribution in [1.29, 1.82) is 0 Å². The predicted molar refractivity (Wildman–Crippen MR) is 78.1 cm³/mol. The Kier molecular flexibility index (Phi) is 4.05. The maximum absolute atomic E-state index is 12.1. The van der Waals surface area contributed by atoms with Crippen LogP contribution in [0.4, 0.5) is 0 Å². The van der Waals surface area contributed by atoms with Gasteiger partial charge >= 0.3 is 0 Å². The number of carbonyl (C=O) groups excluding carboxylic acids is 1. The molecular weight excluding hydrogens is 236 g/mol. The summed E-state index contributed by atoms with van der Waals surface area (Å²) in [5.41, 5.74) is 2.89. The lowest BCUT2D eigenvalue weighted by molar-refractivity contribution is 0.0931. The van der Waals surface area contributed by atoms with E-state index >= 15 is 0 Å². The molecule has 1 aromatic heterocycles. The molecule has 0 fully saturated rings. The summed E-state index contributed by atoms with van der Waals surface area (Å²) in [6.07, 6.45) is 2.92. The minimum atomic E-state index is -0.0148. The first-order valence-electron chi connectivity index (χ1n) is 6.64. The van der Waals surface area contributed by atoms with Crippen LogP contribution < -0.4 is 5.32 Å². The molecule has 1 heterocycles. The topological polar surface area (TPSA) is 34.0 Å². The van der Waals surface area contributed by atoms with E-state index in [-0.39, 0.29) is 11.9 Å². The lowest BCUT2D eigenvalue weighted by atomic mass is 10.1. The van der Waals surface area contributed by atoms with Crippen molar-refractivity contribution >= 4 is 5.91 Å². The zero-order valence-electron chi connectivity index (χ0n) is 11.7. The van der Waals surface area contributed by atoms with Crippen molar-refractivity contribution < 1.29 is 4.79 Å². The number of carbonyl (C=O) groups is 1. The van der Waals surface area contributed by atoms with Crippen LogP contribution in [0.25, 0.3) is 11.1 Å². The van der Waals surface area contributed by atoms with Crippen LogP contribution in [0.1, 0.15) is 30.8 Å². The van der Waals surface area contributed by atoms with Gasteiger partial charge in [-0.2, -0.15) is 0 Å². The van der Waals surface area contributed by atoms with Gasteiger partial charge in [0.15, 0.2) is 0 Å². The van der Waals surface area contributed by atoms with Crippen molar-refractivity contribution in [2.24, 2.45) is 7.05 Å². The zero-order chi connectivity index (χ0) is 13.8. The molecule has 3 nitrogen and oxygen atoms in total. The molecular formula is C16H20N2O. The van der Waals surface area contributed by atoms with E-state index in [0.29, 0.717) is 5.69 Å². The van der Waals surface area contributed by atoms with Crippen LogP contribution in [0.2, 0.25) is 0 Å². The van der Waals surface area contributed by atoms with E-state index in [4.69, 9.17) is 0 Å². The third-order valence-corrected chi connectivity index (χ3v) is 3.33. The Balaban J connectivity index is 2.24. The molecule has 0 aliphatic rings.